The molecular formula is C12H16OS. The second-order valence-corrected chi connectivity index (χ2v) is 4.84. The topological polar surface area (TPSA) is 20.2 Å². The zero-order valence-corrected chi connectivity index (χ0v) is 9.31. The fourth-order valence-electron chi connectivity index (χ4n) is 2.20. The summed E-state index contributed by atoms with van der Waals surface area (Å²) in [6.07, 6.45) is 5.63. The predicted octanol–water partition coefficient (Wildman–Crippen LogP) is 2.82. The molecule has 76 valence electrons. The summed E-state index contributed by atoms with van der Waals surface area (Å²) in [5.74, 6) is 0. The summed E-state index contributed by atoms with van der Waals surface area (Å²) in [4.78, 5) is 1.32. The van der Waals surface area contributed by atoms with Gasteiger partial charge in [0.15, 0.2) is 0 Å². The van der Waals surface area contributed by atoms with Crippen LogP contribution >= 0.6 is 11.8 Å². The van der Waals surface area contributed by atoms with Crippen LogP contribution in [0.5, 0.6) is 0 Å². The highest BCUT2D eigenvalue weighted by molar-refractivity contribution is 7.98. The maximum Gasteiger partial charge on any atom is 0.0528 e. The lowest BCUT2D eigenvalue weighted by atomic mass is 9.65. The van der Waals surface area contributed by atoms with E-state index >= 15 is 0 Å². The maximum absolute atomic E-state index is 9.50. The molecule has 2 heteroatoms. The Bertz CT molecular complexity index is 312. The highest BCUT2D eigenvalue weighted by atomic mass is 32.2. The second-order valence-electron chi connectivity index (χ2n) is 3.99. The highest BCUT2D eigenvalue weighted by Gasteiger charge is 2.39. The number of aliphatic hydroxyl groups excluding tert-OH is 1. The molecule has 0 bridgehead atoms. The molecule has 1 N–H and O–H groups in total. The minimum atomic E-state index is 0.0829. The SMILES string of the molecule is CSc1ccccc1C1(CO)CCC1. The molecule has 0 heterocycles. The molecule has 14 heavy (non-hydrogen) atoms. The van der Waals surface area contributed by atoms with Crippen molar-refractivity contribution in [1.82, 2.24) is 0 Å². The van der Waals surface area contributed by atoms with Crippen molar-refractivity contribution in [2.45, 2.75) is 29.6 Å². The van der Waals surface area contributed by atoms with Gasteiger partial charge in [-0.15, -0.1) is 11.8 Å². The molecule has 1 fully saturated rings. The second kappa shape index (κ2) is 3.95. The van der Waals surface area contributed by atoms with Crippen LogP contribution in [0.2, 0.25) is 0 Å². The normalized spacial score (nSPS) is 19.0. The molecule has 1 saturated carbocycles. The Balaban J connectivity index is 2.38. The van der Waals surface area contributed by atoms with E-state index in [1.165, 1.54) is 16.9 Å². The molecule has 1 aromatic rings. The number of benzene rings is 1. The van der Waals surface area contributed by atoms with Crippen molar-refractivity contribution >= 4 is 11.8 Å². The minimum Gasteiger partial charge on any atom is -0.395 e. The van der Waals surface area contributed by atoms with Crippen LogP contribution in [0.1, 0.15) is 24.8 Å². The fourth-order valence-corrected chi connectivity index (χ4v) is 2.92. The van der Waals surface area contributed by atoms with Crippen molar-refractivity contribution in [1.29, 1.82) is 0 Å². The summed E-state index contributed by atoms with van der Waals surface area (Å²) in [5.41, 5.74) is 1.43. The maximum atomic E-state index is 9.50. The smallest absolute Gasteiger partial charge is 0.0528 e. The summed E-state index contributed by atoms with van der Waals surface area (Å²) in [6, 6.07) is 8.46. The van der Waals surface area contributed by atoms with E-state index in [4.69, 9.17) is 0 Å². The molecule has 1 aromatic carbocycles. The Kier molecular flexibility index (Phi) is 2.84. The first-order valence-electron chi connectivity index (χ1n) is 5.07. The first kappa shape index (κ1) is 10.1. The van der Waals surface area contributed by atoms with Crippen molar-refractivity contribution in [3.63, 3.8) is 0 Å². The third-order valence-corrected chi connectivity index (χ3v) is 4.09. The van der Waals surface area contributed by atoms with Crippen molar-refractivity contribution in [2.24, 2.45) is 0 Å². The number of hydrogen-bond acceptors (Lipinski definition) is 2. The van der Waals surface area contributed by atoms with Crippen molar-refractivity contribution in [2.75, 3.05) is 12.9 Å². The Morgan fingerprint density at radius 1 is 1.36 bits per heavy atom. The van der Waals surface area contributed by atoms with Crippen molar-refractivity contribution < 1.29 is 5.11 Å². The van der Waals surface area contributed by atoms with Gasteiger partial charge >= 0.3 is 0 Å². The molecule has 0 aliphatic heterocycles. The Hall–Kier alpha value is -0.470. The number of rotatable bonds is 3. The van der Waals surface area contributed by atoms with Crippen LogP contribution in [0, 0.1) is 0 Å². The lowest BCUT2D eigenvalue weighted by Gasteiger charge is -2.41. The van der Waals surface area contributed by atoms with Gasteiger partial charge in [0.1, 0.15) is 0 Å². The van der Waals surface area contributed by atoms with E-state index in [2.05, 4.69) is 30.5 Å². The molecule has 1 aliphatic rings. The lowest BCUT2D eigenvalue weighted by Crippen LogP contribution is -2.38. The zero-order valence-electron chi connectivity index (χ0n) is 8.49. The van der Waals surface area contributed by atoms with Crippen LogP contribution in [0.3, 0.4) is 0 Å². The molecule has 1 aliphatic carbocycles. The molecule has 0 aromatic heterocycles. The predicted molar refractivity (Wildman–Crippen MR) is 60.8 cm³/mol. The van der Waals surface area contributed by atoms with Crippen LogP contribution in [0.25, 0.3) is 0 Å². The van der Waals surface area contributed by atoms with Crippen molar-refractivity contribution in [3.8, 4) is 0 Å². The third kappa shape index (κ3) is 1.47. The average molecular weight is 208 g/mol. The van der Waals surface area contributed by atoms with E-state index in [1.54, 1.807) is 11.8 Å². The Morgan fingerprint density at radius 3 is 2.57 bits per heavy atom. The van der Waals surface area contributed by atoms with Crippen molar-refractivity contribution in [3.05, 3.63) is 29.8 Å². The summed E-state index contributed by atoms with van der Waals surface area (Å²) < 4.78 is 0. The molecule has 0 amide bonds. The van der Waals surface area contributed by atoms with E-state index in [-0.39, 0.29) is 5.41 Å². The van der Waals surface area contributed by atoms with E-state index < -0.39 is 0 Å². The first-order valence-corrected chi connectivity index (χ1v) is 6.29. The number of thioether (sulfide) groups is 1. The summed E-state index contributed by atoms with van der Waals surface area (Å²) in [6.45, 7) is 0.296. The van der Waals surface area contributed by atoms with E-state index in [1.807, 2.05) is 0 Å². The van der Waals surface area contributed by atoms with Gasteiger partial charge < -0.3 is 5.11 Å². The number of aliphatic hydroxyl groups is 1. The fraction of sp³-hybridized carbons (Fsp3) is 0.500. The Labute approximate surface area is 89.5 Å². The largest absolute Gasteiger partial charge is 0.395 e. The van der Waals surface area contributed by atoms with Crippen LogP contribution in [-0.4, -0.2) is 18.0 Å². The molecule has 0 unspecified atom stereocenters. The molecule has 0 spiro atoms. The zero-order chi connectivity index (χ0) is 10.0. The average Bonchev–Trinajstić information content (AvgIpc) is 2.18. The van der Waals surface area contributed by atoms with Gasteiger partial charge in [0.2, 0.25) is 0 Å². The lowest BCUT2D eigenvalue weighted by molar-refractivity contribution is 0.118. The van der Waals surface area contributed by atoms with Crippen LogP contribution < -0.4 is 0 Å². The molecule has 0 radical (unpaired) electrons. The van der Waals surface area contributed by atoms with E-state index in [0.29, 0.717) is 6.61 Å². The molecule has 0 saturated heterocycles. The third-order valence-electron chi connectivity index (χ3n) is 3.29. The summed E-state index contributed by atoms with van der Waals surface area (Å²) in [7, 11) is 0. The van der Waals surface area contributed by atoms with Gasteiger partial charge in [-0.2, -0.15) is 0 Å². The van der Waals surface area contributed by atoms with Gasteiger partial charge in [0.05, 0.1) is 6.61 Å². The summed E-state index contributed by atoms with van der Waals surface area (Å²) >= 11 is 1.78. The standard InChI is InChI=1S/C12H16OS/c1-14-11-6-3-2-5-10(11)12(9-13)7-4-8-12/h2-3,5-6,13H,4,7-9H2,1H3. The Morgan fingerprint density at radius 2 is 2.07 bits per heavy atom. The van der Waals surface area contributed by atoms with Gasteiger partial charge in [-0.3, -0.25) is 0 Å². The molecule has 0 atom stereocenters. The molecule has 1 nitrogen and oxygen atoms in total. The monoisotopic (exact) mass is 208 g/mol. The van der Waals surface area contributed by atoms with Crippen LogP contribution in [0.4, 0.5) is 0 Å². The number of hydrogen-bond donors (Lipinski definition) is 1. The van der Waals surface area contributed by atoms with Gasteiger partial charge in [0.25, 0.3) is 0 Å². The minimum absolute atomic E-state index is 0.0829. The molecular weight excluding hydrogens is 192 g/mol. The quantitative estimate of drug-likeness (QED) is 0.771. The van der Waals surface area contributed by atoms with Gasteiger partial charge in [0, 0.05) is 10.3 Å². The van der Waals surface area contributed by atoms with Crippen LogP contribution in [0.15, 0.2) is 29.2 Å². The summed E-state index contributed by atoms with van der Waals surface area (Å²) in [5, 5.41) is 9.50. The molecule has 2 rings (SSSR count). The first-order chi connectivity index (χ1) is 6.82. The highest BCUT2D eigenvalue weighted by Crippen LogP contribution is 2.46. The van der Waals surface area contributed by atoms with Gasteiger partial charge in [-0.1, -0.05) is 24.6 Å². The van der Waals surface area contributed by atoms with Gasteiger partial charge in [-0.05, 0) is 30.7 Å². The van der Waals surface area contributed by atoms with Crippen LogP contribution in [-0.2, 0) is 5.41 Å². The van der Waals surface area contributed by atoms with Gasteiger partial charge in [-0.25, -0.2) is 0 Å². The van der Waals surface area contributed by atoms with E-state index in [0.717, 1.165) is 12.8 Å². The van der Waals surface area contributed by atoms with E-state index in [9.17, 15) is 5.11 Å².